The second-order valence-electron chi connectivity index (χ2n) is 8.09. The van der Waals surface area contributed by atoms with Gasteiger partial charge in [-0.3, -0.25) is 14.6 Å². The molecule has 2 aromatic carbocycles. The van der Waals surface area contributed by atoms with Gasteiger partial charge in [-0.15, -0.1) is 0 Å². The largest absolute Gasteiger partial charge is 0.397 e. The van der Waals surface area contributed by atoms with Crippen LogP contribution in [0.1, 0.15) is 26.4 Å². The highest BCUT2D eigenvalue weighted by Crippen LogP contribution is 2.37. The number of aryl methyl sites for hydroxylation is 1. The van der Waals surface area contributed by atoms with Crippen molar-refractivity contribution in [3.63, 3.8) is 0 Å². The molecule has 1 aromatic heterocycles. The summed E-state index contributed by atoms with van der Waals surface area (Å²) in [7, 11) is -2.51. The van der Waals surface area contributed by atoms with Crippen molar-refractivity contribution >= 4 is 44.1 Å². The number of nitrogens with zero attached hydrogens (tertiary/aromatic N) is 3. The molecule has 0 spiro atoms. The van der Waals surface area contributed by atoms with Crippen molar-refractivity contribution in [2.24, 2.45) is 0 Å². The van der Waals surface area contributed by atoms with Gasteiger partial charge >= 0.3 is 0 Å². The van der Waals surface area contributed by atoms with Gasteiger partial charge in [-0.05, 0) is 37.3 Å². The number of ether oxygens (including phenoxy) is 2. The smallest absolute Gasteiger partial charge is 0.268 e. The van der Waals surface area contributed by atoms with Gasteiger partial charge in [-0.1, -0.05) is 12.1 Å². The third-order valence-corrected chi connectivity index (χ3v) is 7.77. The minimum absolute atomic E-state index is 0.0170. The first-order valence-corrected chi connectivity index (χ1v) is 12.0. The Bertz CT molecular complexity index is 1450. The fourth-order valence-electron chi connectivity index (χ4n) is 4.24. The quantitative estimate of drug-likeness (QED) is 0.431. The molecule has 34 heavy (non-hydrogen) atoms. The minimum Gasteiger partial charge on any atom is -0.397 e. The number of benzene rings is 2. The number of sulfonamides is 1. The lowest BCUT2D eigenvalue weighted by Gasteiger charge is -2.20. The predicted molar refractivity (Wildman–Crippen MR) is 124 cm³/mol. The first-order valence-electron chi connectivity index (χ1n) is 10.6. The zero-order valence-corrected chi connectivity index (χ0v) is 19.3. The van der Waals surface area contributed by atoms with E-state index in [9.17, 15) is 18.0 Å². The number of carbonyl (C=O) groups is 2. The van der Waals surface area contributed by atoms with E-state index in [4.69, 9.17) is 15.2 Å². The predicted octanol–water partition coefficient (Wildman–Crippen LogP) is 1.92. The number of hydrogen-bond donors (Lipinski definition) is 1. The summed E-state index contributed by atoms with van der Waals surface area (Å²) in [6.45, 7) is 2.47. The van der Waals surface area contributed by atoms with Crippen molar-refractivity contribution in [3.05, 3.63) is 59.3 Å². The van der Waals surface area contributed by atoms with Gasteiger partial charge in [0.2, 0.25) is 10.0 Å². The Balaban J connectivity index is 1.61. The number of likely N-dealkylation sites (N-methyl/N-ethyl adjacent to an activating group) is 1. The second kappa shape index (κ2) is 8.13. The molecule has 1 saturated heterocycles. The number of imide groups is 1. The van der Waals surface area contributed by atoms with Gasteiger partial charge in [0.15, 0.2) is 6.29 Å². The Hall–Kier alpha value is -3.38. The number of hydrogen-bond acceptors (Lipinski definition) is 8. The van der Waals surface area contributed by atoms with Gasteiger partial charge in [0, 0.05) is 12.4 Å². The number of nitrogens with two attached hydrogens (primary N) is 1. The Morgan fingerprint density at radius 1 is 1.09 bits per heavy atom. The maximum absolute atomic E-state index is 13.5. The van der Waals surface area contributed by atoms with Crippen LogP contribution >= 0.6 is 0 Å². The molecule has 1 fully saturated rings. The molecule has 3 heterocycles. The van der Waals surface area contributed by atoms with Crippen molar-refractivity contribution < 1.29 is 27.5 Å². The van der Waals surface area contributed by atoms with Crippen LogP contribution in [-0.2, 0) is 19.5 Å². The molecule has 2 N–H and O–H groups in total. The van der Waals surface area contributed by atoms with Crippen LogP contribution in [0.25, 0.3) is 10.9 Å². The summed E-state index contributed by atoms with van der Waals surface area (Å²) >= 11 is 0. The molecule has 2 aliphatic heterocycles. The number of anilines is 2. The fourth-order valence-corrected chi connectivity index (χ4v) is 5.42. The molecular weight excluding hydrogens is 460 g/mol. The Kier molecular flexibility index (Phi) is 5.36. The molecule has 3 aromatic rings. The third kappa shape index (κ3) is 3.44. The van der Waals surface area contributed by atoms with E-state index in [-0.39, 0.29) is 39.3 Å². The van der Waals surface area contributed by atoms with Crippen molar-refractivity contribution in [3.8, 4) is 0 Å². The van der Waals surface area contributed by atoms with Crippen molar-refractivity contribution in [1.82, 2.24) is 9.29 Å². The zero-order chi connectivity index (χ0) is 24.2. The van der Waals surface area contributed by atoms with Gasteiger partial charge in [0.1, 0.15) is 0 Å². The first kappa shape index (κ1) is 22.4. The molecule has 0 saturated carbocycles. The molecule has 0 bridgehead atoms. The number of rotatable bonds is 5. The topological polar surface area (TPSA) is 132 Å². The van der Waals surface area contributed by atoms with Crippen LogP contribution in [0.3, 0.4) is 0 Å². The van der Waals surface area contributed by atoms with E-state index in [1.165, 1.54) is 25.2 Å². The highest BCUT2D eigenvalue weighted by atomic mass is 32.2. The highest BCUT2D eigenvalue weighted by Gasteiger charge is 2.41. The third-order valence-electron chi connectivity index (χ3n) is 5.95. The molecule has 5 rings (SSSR count). The summed E-state index contributed by atoms with van der Waals surface area (Å²) in [4.78, 5) is 32.2. The average Bonchev–Trinajstić information content (AvgIpc) is 3.40. The maximum atomic E-state index is 13.5. The lowest BCUT2D eigenvalue weighted by atomic mass is 10.0. The molecule has 11 heteroatoms. The zero-order valence-electron chi connectivity index (χ0n) is 18.5. The number of pyridine rings is 1. The number of carbonyl (C=O) groups excluding carboxylic acids is 2. The molecule has 176 valence electrons. The number of nitrogen functional groups attached to an aromatic ring is 1. The summed E-state index contributed by atoms with van der Waals surface area (Å²) < 4.78 is 38.3. The Morgan fingerprint density at radius 3 is 2.47 bits per heavy atom. The van der Waals surface area contributed by atoms with Crippen molar-refractivity contribution in [2.75, 3.05) is 37.4 Å². The molecule has 0 atom stereocenters. The molecule has 2 aliphatic rings. The van der Waals surface area contributed by atoms with Crippen LogP contribution in [0.5, 0.6) is 0 Å². The molecular formula is C23H22N4O6S. The molecule has 0 aliphatic carbocycles. The number of amides is 2. The summed E-state index contributed by atoms with van der Waals surface area (Å²) in [5.41, 5.74) is 7.59. The minimum atomic E-state index is -3.93. The first-order chi connectivity index (χ1) is 16.2. The van der Waals surface area contributed by atoms with Crippen LogP contribution in [0.2, 0.25) is 0 Å². The van der Waals surface area contributed by atoms with Gasteiger partial charge in [0.05, 0.1) is 58.4 Å². The second-order valence-corrected chi connectivity index (χ2v) is 10.1. The Labute approximate surface area is 195 Å². The maximum Gasteiger partial charge on any atom is 0.268 e. The number of aromatic nitrogens is 1. The number of para-hydroxylation sites is 2. The summed E-state index contributed by atoms with van der Waals surface area (Å²) in [6.07, 6.45) is -0.641. The lowest BCUT2D eigenvalue weighted by molar-refractivity contribution is -0.0482. The van der Waals surface area contributed by atoms with Gasteiger partial charge < -0.3 is 15.2 Å². The van der Waals surface area contributed by atoms with E-state index >= 15 is 0 Å². The fraction of sp³-hybridized carbons (Fsp3) is 0.261. The summed E-state index contributed by atoms with van der Waals surface area (Å²) in [5.74, 6) is -1.13. The van der Waals surface area contributed by atoms with E-state index in [2.05, 4.69) is 4.98 Å². The van der Waals surface area contributed by atoms with Crippen molar-refractivity contribution in [2.45, 2.75) is 18.1 Å². The van der Waals surface area contributed by atoms with Gasteiger partial charge in [-0.25, -0.2) is 13.3 Å². The monoisotopic (exact) mass is 482 g/mol. The molecule has 2 amide bonds. The van der Waals surface area contributed by atoms with E-state index in [0.29, 0.717) is 24.4 Å². The highest BCUT2D eigenvalue weighted by molar-refractivity contribution is 7.89. The summed E-state index contributed by atoms with van der Waals surface area (Å²) in [5, 5.41) is 0.277. The standard InChI is InChI=1S/C23H22N4O6S/c1-13-20-21(23(29)27(22(20)28)18-6-4-3-5-16(18)24)15-11-14(7-8-17(15)25-13)34(30,31)26(2)12-19-32-9-10-33-19/h3-8,11,19H,9-10,12,24H2,1-2H3. The van der Waals surface area contributed by atoms with E-state index in [1.807, 2.05) is 0 Å². The average molecular weight is 483 g/mol. The van der Waals surface area contributed by atoms with Gasteiger partial charge in [0.25, 0.3) is 11.8 Å². The number of fused-ring (bicyclic) bond motifs is 3. The Morgan fingerprint density at radius 2 is 1.76 bits per heavy atom. The van der Waals surface area contributed by atoms with Crippen LogP contribution in [0.4, 0.5) is 11.4 Å². The van der Waals surface area contributed by atoms with E-state index in [0.717, 1.165) is 9.21 Å². The molecule has 0 unspecified atom stereocenters. The normalized spacial score (nSPS) is 16.7. The van der Waals surface area contributed by atoms with E-state index < -0.39 is 28.1 Å². The van der Waals surface area contributed by atoms with Crippen LogP contribution in [0.15, 0.2) is 47.4 Å². The molecule has 0 radical (unpaired) electrons. The SMILES string of the molecule is Cc1nc2ccc(S(=O)(=O)N(C)CC3OCCO3)cc2c2c1C(=O)N(c1ccccc1N)C2=O. The lowest BCUT2D eigenvalue weighted by Crippen LogP contribution is -2.34. The summed E-state index contributed by atoms with van der Waals surface area (Å²) in [6, 6.07) is 10.9. The van der Waals surface area contributed by atoms with Gasteiger partial charge in [-0.2, -0.15) is 4.31 Å². The van der Waals surface area contributed by atoms with Crippen molar-refractivity contribution in [1.29, 1.82) is 0 Å². The molecule has 10 nitrogen and oxygen atoms in total. The van der Waals surface area contributed by atoms with E-state index in [1.54, 1.807) is 31.2 Å². The van der Waals surface area contributed by atoms with Crippen LogP contribution in [-0.4, -0.2) is 62.6 Å². The van der Waals surface area contributed by atoms with Crippen LogP contribution in [0, 0.1) is 6.92 Å². The van der Waals surface area contributed by atoms with Crippen LogP contribution < -0.4 is 10.6 Å².